The second-order valence-corrected chi connectivity index (χ2v) is 8.49. The molecule has 0 saturated carbocycles. The Hall–Kier alpha value is -0.560. The van der Waals surface area contributed by atoms with E-state index in [0.717, 1.165) is 31.5 Å². The molecule has 0 aromatic heterocycles. The monoisotopic (exact) mass is 328 g/mol. The third-order valence-electron chi connectivity index (χ3n) is 4.42. The predicted molar refractivity (Wildman–Crippen MR) is 89.0 cm³/mol. The number of hydrogen-bond acceptors (Lipinski definition) is 4. The molecule has 0 aliphatic carbocycles. The lowest BCUT2D eigenvalue weighted by atomic mass is 10.0. The van der Waals surface area contributed by atoms with Gasteiger partial charge in [-0.1, -0.05) is 19.9 Å². The van der Waals surface area contributed by atoms with Crippen molar-refractivity contribution in [3.63, 3.8) is 0 Å². The van der Waals surface area contributed by atoms with Crippen LogP contribution in [0.4, 0.5) is 0 Å². The van der Waals surface area contributed by atoms with Crippen molar-refractivity contribution in [2.45, 2.75) is 49.4 Å². The van der Waals surface area contributed by atoms with E-state index in [1.54, 1.807) is 23.9 Å². The molecule has 118 valence electrons. The Bertz CT molecular complexity index is 587. The number of hydrogen-bond donors (Lipinski definition) is 2. The molecule has 1 aromatic carbocycles. The largest absolute Gasteiger partial charge is 0.309 e. The average molecular weight is 329 g/mol. The quantitative estimate of drug-likeness (QED) is 0.807. The summed E-state index contributed by atoms with van der Waals surface area (Å²) >= 11 is 1.74. The van der Waals surface area contributed by atoms with E-state index in [1.807, 2.05) is 12.3 Å². The van der Waals surface area contributed by atoms with Crippen LogP contribution in [0.1, 0.15) is 37.8 Å². The molecule has 0 amide bonds. The van der Waals surface area contributed by atoms with Crippen molar-refractivity contribution in [2.24, 2.45) is 0 Å². The van der Waals surface area contributed by atoms with E-state index in [2.05, 4.69) is 23.9 Å². The molecular formula is C15H24N2O2S2. The van der Waals surface area contributed by atoms with Gasteiger partial charge in [-0.05, 0) is 42.4 Å². The van der Waals surface area contributed by atoms with Crippen molar-refractivity contribution >= 4 is 21.8 Å². The van der Waals surface area contributed by atoms with Crippen LogP contribution < -0.4 is 10.0 Å². The highest BCUT2D eigenvalue weighted by atomic mass is 32.2. The zero-order valence-corrected chi connectivity index (χ0v) is 14.5. The van der Waals surface area contributed by atoms with E-state index in [9.17, 15) is 8.42 Å². The first-order valence-corrected chi connectivity index (χ1v) is 10.0. The summed E-state index contributed by atoms with van der Waals surface area (Å²) < 4.78 is 27.7. The van der Waals surface area contributed by atoms with Gasteiger partial charge >= 0.3 is 0 Å². The van der Waals surface area contributed by atoms with Crippen LogP contribution in [0.5, 0.6) is 0 Å². The molecule has 0 fully saturated rings. The van der Waals surface area contributed by atoms with E-state index in [0.29, 0.717) is 11.4 Å². The summed E-state index contributed by atoms with van der Waals surface area (Å²) in [4.78, 5) is 0.368. The molecule has 21 heavy (non-hydrogen) atoms. The zero-order chi connectivity index (χ0) is 15.5. The maximum atomic E-state index is 12.5. The normalized spacial score (nSPS) is 15.2. The van der Waals surface area contributed by atoms with Gasteiger partial charge in [0.1, 0.15) is 0 Å². The lowest BCUT2D eigenvalue weighted by molar-refractivity contribution is 0.522. The first kappa shape index (κ1) is 16.8. The van der Waals surface area contributed by atoms with Gasteiger partial charge in [0.25, 0.3) is 0 Å². The Morgan fingerprint density at radius 2 is 1.90 bits per heavy atom. The summed E-state index contributed by atoms with van der Waals surface area (Å²) in [6.07, 6.45) is 3.94. The van der Waals surface area contributed by atoms with Crippen molar-refractivity contribution in [3.8, 4) is 0 Å². The minimum Gasteiger partial charge on any atom is -0.309 e. The predicted octanol–water partition coefficient (Wildman–Crippen LogP) is 2.49. The van der Waals surface area contributed by atoms with E-state index < -0.39 is 10.0 Å². The SMILES string of the molecule is CCC(CC)(CNS(=O)(=O)c1ccc2c(c1)CNC2)SC. The molecular weight excluding hydrogens is 304 g/mol. The number of nitrogens with one attached hydrogen (secondary N) is 2. The summed E-state index contributed by atoms with van der Waals surface area (Å²) in [5.41, 5.74) is 2.27. The number of thioether (sulfide) groups is 1. The molecule has 1 aliphatic heterocycles. The van der Waals surface area contributed by atoms with Gasteiger partial charge in [-0.3, -0.25) is 0 Å². The first-order valence-electron chi connectivity index (χ1n) is 7.33. The summed E-state index contributed by atoms with van der Waals surface area (Å²) in [6.45, 7) is 6.26. The minimum absolute atomic E-state index is 0.0225. The minimum atomic E-state index is -3.44. The van der Waals surface area contributed by atoms with Crippen molar-refractivity contribution in [1.82, 2.24) is 10.0 Å². The van der Waals surface area contributed by atoms with Crippen LogP contribution >= 0.6 is 11.8 Å². The third-order valence-corrected chi connectivity index (χ3v) is 7.41. The number of sulfonamides is 1. The van der Waals surface area contributed by atoms with Crippen LogP contribution in [-0.4, -0.2) is 26.0 Å². The maximum absolute atomic E-state index is 12.5. The fraction of sp³-hybridized carbons (Fsp3) is 0.600. The average Bonchev–Trinajstić information content (AvgIpc) is 2.96. The first-order chi connectivity index (χ1) is 9.96. The van der Waals surface area contributed by atoms with Crippen LogP contribution in [0.25, 0.3) is 0 Å². The molecule has 0 unspecified atom stereocenters. The highest BCUT2D eigenvalue weighted by molar-refractivity contribution is 8.00. The Morgan fingerprint density at radius 1 is 1.24 bits per heavy atom. The van der Waals surface area contributed by atoms with Gasteiger partial charge in [-0.2, -0.15) is 11.8 Å². The standard InChI is InChI=1S/C15H24N2O2S2/c1-4-15(5-2,20-3)11-17-21(18,19)14-7-6-12-9-16-10-13(12)8-14/h6-8,16-17H,4-5,9-11H2,1-3H3. The van der Waals surface area contributed by atoms with Crippen molar-refractivity contribution in [2.75, 3.05) is 12.8 Å². The Balaban J connectivity index is 2.15. The van der Waals surface area contributed by atoms with Crippen LogP contribution in [0.15, 0.2) is 23.1 Å². The van der Waals surface area contributed by atoms with Crippen molar-refractivity contribution in [3.05, 3.63) is 29.3 Å². The number of benzene rings is 1. The third kappa shape index (κ3) is 3.62. The van der Waals surface area contributed by atoms with Gasteiger partial charge in [-0.15, -0.1) is 0 Å². The molecule has 2 rings (SSSR count). The number of rotatable bonds is 7. The zero-order valence-electron chi connectivity index (χ0n) is 12.9. The molecule has 0 saturated heterocycles. The topological polar surface area (TPSA) is 58.2 Å². The summed E-state index contributed by atoms with van der Waals surface area (Å²) in [5, 5.41) is 3.23. The molecule has 2 N–H and O–H groups in total. The molecule has 1 aliphatic rings. The maximum Gasteiger partial charge on any atom is 0.240 e. The Morgan fingerprint density at radius 3 is 2.52 bits per heavy atom. The molecule has 1 heterocycles. The summed E-state index contributed by atoms with van der Waals surface area (Å²) in [6, 6.07) is 5.40. The summed E-state index contributed by atoms with van der Waals surface area (Å²) in [5.74, 6) is 0. The van der Waals surface area contributed by atoms with Gasteiger partial charge in [0.15, 0.2) is 0 Å². The molecule has 0 bridgehead atoms. The van der Waals surface area contributed by atoms with Gasteiger partial charge in [0.2, 0.25) is 10.0 Å². The second-order valence-electron chi connectivity index (χ2n) is 5.45. The number of fused-ring (bicyclic) bond motifs is 1. The smallest absolute Gasteiger partial charge is 0.240 e. The fourth-order valence-electron chi connectivity index (χ4n) is 2.61. The fourth-order valence-corrected chi connectivity index (χ4v) is 4.67. The van der Waals surface area contributed by atoms with Crippen LogP contribution in [0, 0.1) is 0 Å². The molecule has 0 spiro atoms. The van der Waals surface area contributed by atoms with Crippen LogP contribution in [-0.2, 0) is 23.1 Å². The van der Waals surface area contributed by atoms with E-state index in [4.69, 9.17) is 0 Å². The lowest BCUT2D eigenvalue weighted by Crippen LogP contribution is -2.39. The molecule has 1 aromatic rings. The Labute approximate surface area is 132 Å². The van der Waals surface area contributed by atoms with Gasteiger partial charge in [0.05, 0.1) is 4.90 Å². The molecule has 0 radical (unpaired) electrons. The molecule has 0 atom stereocenters. The van der Waals surface area contributed by atoms with Crippen LogP contribution in [0.2, 0.25) is 0 Å². The van der Waals surface area contributed by atoms with E-state index in [-0.39, 0.29) is 4.75 Å². The molecule has 4 nitrogen and oxygen atoms in total. The van der Waals surface area contributed by atoms with Gasteiger partial charge in [0, 0.05) is 24.4 Å². The van der Waals surface area contributed by atoms with Gasteiger partial charge < -0.3 is 5.32 Å². The van der Waals surface area contributed by atoms with Crippen LogP contribution in [0.3, 0.4) is 0 Å². The van der Waals surface area contributed by atoms with E-state index in [1.165, 1.54) is 5.56 Å². The van der Waals surface area contributed by atoms with Crippen molar-refractivity contribution < 1.29 is 8.42 Å². The second kappa shape index (κ2) is 6.69. The highest BCUT2D eigenvalue weighted by Gasteiger charge is 2.28. The van der Waals surface area contributed by atoms with E-state index >= 15 is 0 Å². The van der Waals surface area contributed by atoms with Crippen molar-refractivity contribution in [1.29, 1.82) is 0 Å². The summed E-state index contributed by atoms with van der Waals surface area (Å²) in [7, 11) is -3.44. The Kier molecular flexibility index (Phi) is 5.35. The molecule has 6 heteroatoms. The lowest BCUT2D eigenvalue weighted by Gasteiger charge is -2.29. The van der Waals surface area contributed by atoms with Gasteiger partial charge in [-0.25, -0.2) is 13.1 Å². The highest BCUT2D eigenvalue weighted by Crippen LogP contribution is 2.30.